The fraction of sp³-hybridized carbons (Fsp3) is 0.923. The molecule has 1 amide bonds. The molecule has 0 unspecified atom stereocenters. The van der Waals surface area contributed by atoms with E-state index in [1.807, 2.05) is 0 Å². The molecule has 2 fully saturated rings. The Morgan fingerprint density at radius 3 is 1.31 bits per heavy atom. The highest BCUT2D eigenvalue weighted by molar-refractivity contribution is 6.62. The molecule has 0 spiro atoms. The molecule has 0 aromatic heterocycles. The van der Waals surface area contributed by atoms with Gasteiger partial charge in [-0.25, -0.2) is 0 Å². The van der Waals surface area contributed by atoms with Gasteiger partial charge in [0.15, 0.2) is 0 Å². The van der Waals surface area contributed by atoms with Crippen molar-refractivity contribution in [3.8, 4) is 0 Å². The molecule has 94 valence electrons. The summed E-state index contributed by atoms with van der Waals surface area (Å²) in [6.45, 7) is 0. The second-order valence-corrected chi connectivity index (χ2v) is 5.47. The molecule has 0 aromatic rings. The van der Waals surface area contributed by atoms with E-state index in [1.165, 1.54) is 38.5 Å². The topological polar surface area (TPSA) is 43.1 Å². The third-order valence-corrected chi connectivity index (χ3v) is 3.97. The molecular formula is C13H24ClNO. The number of amides is 1. The third-order valence-electron chi connectivity index (χ3n) is 3.97. The van der Waals surface area contributed by atoms with Crippen LogP contribution in [0.2, 0.25) is 0 Å². The summed E-state index contributed by atoms with van der Waals surface area (Å²) in [7, 11) is 0. The van der Waals surface area contributed by atoms with Crippen molar-refractivity contribution in [2.75, 3.05) is 0 Å². The van der Waals surface area contributed by atoms with Gasteiger partial charge in [-0.1, -0.05) is 64.2 Å². The monoisotopic (exact) mass is 245 g/mol. The molecule has 0 saturated heterocycles. The van der Waals surface area contributed by atoms with E-state index in [-0.39, 0.29) is 0 Å². The van der Waals surface area contributed by atoms with Crippen LogP contribution >= 0.6 is 11.6 Å². The van der Waals surface area contributed by atoms with Crippen molar-refractivity contribution >= 4 is 17.0 Å². The van der Waals surface area contributed by atoms with Crippen LogP contribution in [0.1, 0.15) is 64.2 Å². The number of carbonyl (C=O) groups excluding carboxylic acids is 1. The quantitative estimate of drug-likeness (QED) is 0.538. The molecule has 2 N–H and O–H groups in total. The number of primary amides is 1. The standard InChI is InChI=1S/C12H22.CH2ClNO/c1-3-7-11(8-4-1)12-9-5-2-6-10-12;2-1(3)4/h11-12H,1-10H2;(H2,3,4). The molecule has 2 aliphatic rings. The zero-order valence-corrected chi connectivity index (χ0v) is 10.8. The van der Waals surface area contributed by atoms with Crippen molar-refractivity contribution < 1.29 is 4.79 Å². The predicted molar refractivity (Wildman–Crippen MR) is 68.6 cm³/mol. The van der Waals surface area contributed by atoms with Crippen LogP contribution in [-0.2, 0) is 0 Å². The van der Waals surface area contributed by atoms with Gasteiger partial charge in [-0.15, -0.1) is 0 Å². The van der Waals surface area contributed by atoms with Gasteiger partial charge >= 0.3 is 5.37 Å². The fourth-order valence-electron chi connectivity index (χ4n) is 3.21. The van der Waals surface area contributed by atoms with Gasteiger partial charge in [-0.05, 0) is 23.4 Å². The molecule has 2 saturated carbocycles. The Morgan fingerprint density at radius 2 is 1.06 bits per heavy atom. The van der Waals surface area contributed by atoms with Gasteiger partial charge < -0.3 is 5.73 Å². The van der Waals surface area contributed by atoms with Crippen LogP contribution in [0.3, 0.4) is 0 Å². The maximum atomic E-state index is 8.99. The molecule has 0 atom stereocenters. The Labute approximate surface area is 104 Å². The summed E-state index contributed by atoms with van der Waals surface area (Å²) in [5.41, 5.74) is 4.24. The van der Waals surface area contributed by atoms with Gasteiger partial charge in [-0.2, -0.15) is 0 Å². The van der Waals surface area contributed by atoms with E-state index in [0.29, 0.717) is 0 Å². The molecule has 0 aliphatic heterocycles. The van der Waals surface area contributed by atoms with Crippen LogP contribution < -0.4 is 5.73 Å². The third kappa shape index (κ3) is 5.74. The largest absolute Gasteiger partial charge is 0.356 e. The van der Waals surface area contributed by atoms with Crippen molar-refractivity contribution in [2.45, 2.75) is 64.2 Å². The summed E-state index contributed by atoms with van der Waals surface area (Å²) in [5.74, 6) is 2.28. The van der Waals surface area contributed by atoms with E-state index in [9.17, 15) is 0 Å². The minimum Gasteiger partial charge on any atom is -0.356 e. The van der Waals surface area contributed by atoms with Crippen molar-refractivity contribution in [3.05, 3.63) is 0 Å². The van der Waals surface area contributed by atoms with Crippen LogP contribution in [0.25, 0.3) is 0 Å². The minimum absolute atomic E-state index is 0.861. The lowest BCUT2D eigenvalue weighted by Crippen LogP contribution is -2.20. The summed E-state index contributed by atoms with van der Waals surface area (Å²) in [6.07, 6.45) is 15.4. The number of rotatable bonds is 1. The van der Waals surface area contributed by atoms with E-state index in [0.717, 1.165) is 11.8 Å². The Morgan fingerprint density at radius 1 is 0.812 bits per heavy atom. The summed E-state index contributed by atoms with van der Waals surface area (Å²) >= 11 is 4.41. The first-order valence-electron chi connectivity index (χ1n) is 6.65. The Balaban J connectivity index is 0.000000280. The van der Waals surface area contributed by atoms with E-state index < -0.39 is 5.37 Å². The summed E-state index contributed by atoms with van der Waals surface area (Å²) in [5, 5.41) is -0.861. The van der Waals surface area contributed by atoms with Crippen LogP contribution in [0.4, 0.5) is 4.79 Å². The maximum Gasteiger partial charge on any atom is 0.311 e. The number of nitrogens with two attached hydrogens (primary N) is 1. The number of hydrogen-bond donors (Lipinski definition) is 1. The second kappa shape index (κ2) is 7.94. The lowest BCUT2D eigenvalue weighted by Gasteiger charge is -2.32. The van der Waals surface area contributed by atoms with Gasteiger partial charge in [0.25, 0.3) is 0 Å². The number of halogens is 1. The molecule has 2 nitrogen and oxygen atoms in total. The summed E-state index contributed by atoms with van der Waals surface area (Å²) in [6, 6.07) is 0. The Hall–Kier alpha value is -0.240. The first-order chi connectivity index (χ1) is 7.70. The molecule has 3 heteroatoms. The van der Waals surface area contributed by atoms with E-state index in [4.69, 9.17) is 4.79 Å². The van der Waals surface area contributed by atoms with E-state index in [2.05, 4.69) is 17.3 Å². The summed E-state index contributed by atoms with van der Waals surface area (Å²) in [4.78, 5) is 8.99. The molecule has 0 aromatic carbocycles. The Kier molecular flexibility index (Phi) is 6.86. The molecule has 16 heavy (non-hydrogen) atoms. The smallest absolute Gasteiger partial charge is 0.311 e. The molecular weight excluding hydrogens is 222 g/mol. The van der Waals surface area contributed by atoms with E-state index >= 15 is 0 Å². The molecule has 0 radical (unpaired) electrons. The lowest BCUT2D eigenvalue weighted by molar-refractivity contribution is 0.196. The normalized spacial score (nSPS) is 23.3. The van der Waals surface area contributed by atoms with Gasteiger partial charge in [-0.3, -0.25) is 4.79 Å². The second-order valence-electron chi connectivity index (χ2n) is 5.10. The van der Waals surface area contributed by atoms with Crippen LogP contribution in [0.15, 0.2) is 0 Å². The van der Waals surface area contributed by atoms with E-state index in [1.54, 1.807) is 25.7 Å². The van der Waals surface area contributed by atoms with Crippen molar-refractivity contribution in [1.29, 1.82) is 0 Å². The average Bonchev–Trinajstić information content (AvgIpc) is 2.31. The van der Waals surface area contributed by atoms with Crippen molar-refractivity contribution in [1.82, 2.24) is 0 Å². The van der Waals surface area contributed by atoms with Gasteiger partial charge in [0, 0.05) is 0 Å². The van der Waals surface area contributed by atoms with Crippen LogP contribution in [0, 0.1) is 11.8 Å². The highest BCUT2D eigenvalue weighted by Crippen LogP contribution is 2.37. The molecule has 0 bridgehead atoms. The SMILES string of the molecule is C1CCC(C2CCCCC2)CC1.NC(=O)Cl. The maximum absolute atomic E-state index is 8.99. The zero-order valence-electron chi connectivity index (χ0n) is 10.1. The minimum atomic E-state index is -0.861. The Bertz CT molecular complexity index is 176. The number of hydrogen-bond acceptors (Lipinski definition) is 1. The molecule has 2 rings (SSSR count). The van der Waals surface area contributed by atoms with Crippen LogP contribution in [-0.4, -0.2) is 5.37 Å². The summed E-state index contributed by atoms with van der Waals surface area (Å²) < 4.78 is 0. The van der Waals surface area contributed by atoms with Gasteiger partial charge in [0.2, 0.25) is 0 Å². The van der Waals surface area contributed by atoms with Gasteiger partial charge in [0.05, 0.1) is 0 Å². The number of carbonyl (C=O) groups is 1. The lowest BCUT2D eigenvalue weighted by atomic mass is 9.73. The van der Waals surface area contributed by atoms with Gasteiger partial charge in [0.1, 0.15) is 0 Å². The predicted octanol–water partition coefficient (Wildman–Crippen LogP) is 4.45. The first-order valence-corrected chi connectivity index (χ1v) is 7.03. The zero-order chi connectivity index (χ0) is 11.8. The molecule has 0 heterocycles. The highest BCUT2D eigenvalue weighted by atomic mass is 35.5. The molecule has 2 aliphatic carbocycles. The van der Waals surface area contributed by atoms with Crippen molar-refractivity contribution in [3.63, 3.8) is 0 Å². The fourth-order valence-corrected chi connectivity index (χ4v) is 3.21. The van der Waals surface area contributed by atoms with Crippen LogP contribution in [0.5, 0.6) is 0 Å². The average molecular weight is 246 g/mol. The highest BCUT2D eigenvalue weighted by Gasteiger charge is 2.24. The van der Waals surface area contributed by atoms with Crippen molar-refractivity contribution in [2.24, 2.45) is 17.6 Å². The first kappa shape index (κ1) is 13.8.